The highest BCUT2D eigenvalue weighted by atomic mass is 16.3. The summed E-state index contributed by atoms with van der Waals surface area (Å²) in [7, 11) is 0. The van der Waals surface area contributed by atoms with E-state index in [-0.39, 0.29) is 5.56 Å². The lowest BCUT2D eigenvalue weighted by Gasteiger charge is -2.06. The van der Waals surface area contributed by atoms with Crippen molar-refractivity contribution in [3.63, 3.8) is 0 Å². The van der Waals surface area contributed by atoms with Gasteiger partial charge in [0.2, 0.25) is 0 Å². The highest BCUT2D eigenvalue weighted by Crippen LogP contribution is 2.01. The van der Waals surface area contributed by atoms with Gasteiger partial charge < -0.3 is 14.3 Å². The molecule has 0 aliphatic rings. The summed E-state index contributed by atoms with van der Waals surface area (Å²) < 4.78 is 6.82. The molecule has 0 saturated carbocycles. The molecule has 5 heteroatoms. The molecule has 0 fully saturated rings. The number of rotatable bonds is 5. The predicted octanol–water partition coefficient (Wildman–Crippen LogP) is 1.51. The average Bonchev–Trinajstić information content (AvgIpc) is 2.84. The number of anilines is 1. The normalized spacial score (nSPS) is 10.4. The van der Waals surface area contributed by atoms with Crippen molar-refractivity contribution in [1.82, 2.24) is 9.55 Å². The van der Waals surface area contributed by atoms with Crippen LogP contribution >= 0.6 is 0 Å². The van der Waals surface area contributed by atoms with E-state index in [9.17, 15) is 4.79 Å². The van der Waals surface area contributed by atoms with E-state index in [1.165, 1.54) is 0 Å². The fourth-order valence-corrected chi connectivity index (χ4v) is 1.58. The number of hydrogen-bond acceptors (Lipinski definition) is 4. The van der Waals surface area contributed by atoms with E-state index in [1.807, 2.05) is 19.1 Å². The Hall–Kier alpha value is -2.04. The number of hydrogen-bond donors (Lipinski definition) is 1. The molecule has 0 spiro atoms. The first-order valence-electron chi connectivity index (χ1n) is 5.63. The van der Waals surface area contributed by atoms with Crippen LogP contribution in [-0.2, 0) is 13.0 Å². The van der Waals surface area contributed by atoms with Gasteiger partial charge in [-0.3, -0.25) is 4.79 Å². The molecular formula is C12H15N3O2. The standard InChI is InChI=1S/C12H15N3O2/c1-2-15-8-7-14-11(12(15)16)13-6-5-10-4-3-9-17-10/h3-4,7-9H,2,5-6H2,1H3,(H,13,14). The largest absolute Gasteiger partial charge is 0.469 e. The third-order valence-electron chi connectivity index (χ3n) is 2.50. The fraction of sp³-hybridized carbons (Fsp3) is 0.333. The quantitative estimate of drug-likeness (QED) is 0.850. The van der Waals surface area contributed by atoms with E-state index >= 15 is 0 Å². The van der Waals surface area contributed by atoms with Crippen molar-refractivity contribution in [3.05, 3.63) is 46.9 Å². The maximum atomic E-state index is 11.8. The lowest BCUT2D eigenvalue weighted by atomic mass is 10.3. The molecule has 0 aromatic carbocycles. The van der Waals surface area contributed by atoms with E-state index in [0.29, 0.717) is 18.9 Å². The Morgan fingerprint density at radius 2 is 2.41 bits per heavy atom. The summed E-state index contributed by atoms with van der Waals surface area (Å²) in [5.74, 6) is 1.28. The van der Waals surface area contributed by atoms with Gasteiger partial charge in [0.05, 0.1) is 6.26 Å². The Kier molecular flexibility index (Phi) is 3.59. The second-order valence-corrected chi connectivity index (χ2v) is 3.62. The van der Waals surface area contributed by atoms with Crippen molar-refractivity contribution in [2.24, 2.45) is 0 Å². The predicted molar refractivity (Wildman–Crippen MR) is 65.1 cm³/mol. The number of nitrogens with zero attached hydrogens (tertiary/aromatic N) is 2. The molecule has 2 aromatic rings. The maximum absolute atomic E-state index is 11.8. The summed E-state index contributed by atoms with van der Waals surface area (Å²) in [4.78, 5) is 15.8. The number of furan rings is 1. The molecule has 0 amide bonds. The van der Waals surface area contributed by atoms with Crippen molar-refractivity contribution in [3.8, 4) is 0 Å². The van der Waals surface area contributed by atoms with Crippen molar-refractivity contribution in [2.75, 3.05) is 11.9 Å². The number of aryl methyl sites for hydroxylation is 1. The zero-order valence-corrected chi connectivity index (χ0v) is 9.72. The molecule has 0 bridgehead atoms. The van der Waals surface area contributed by atoms with Crippen LogP contribution in [0.2, 0.25) is 0 Å². The van der Waals surface area contributed by atoms with E-state index in [4.69, 9.17) is 4.42 Å². The Balaban J connectivity index is 1.97. The number of aromatic nitrogens is 2. The monoisotopic (exact) mass is 233 g/mol. The molecule has 17 heavy (non-hydrogen) atoms. The van der Waals surface area contributed by atoms with Gasteiger partial charge in [-0.2, -0.15) is 0 Å². The van der Waals surface area contributed by atoms with Crippen LogP contribution in [0.15, 0.2) is 40.0 Å². The van der Waals surface area contributed by atoms with Crippen LogP contribution in [0.1, 0.15) is 12.7 Å². The van der Waals surface area contributed by atoms with Gasteiger partial charge in [0, 0.05) is 31.9 Å². The minimum Gasteiger partial charge on any atom is -0.469 e. The van der Waals surface area contributed by atoms with Crippen LogP contribution in [0.3, 0.4) is 0 Å². The SMILES string of the molecule is CCn1ccnc(NCCc2ccco2)c1=O. The van der Waals surface area contributed by atoms with Gasteiger partial charge in [-0.1, -0.05) is 0 Å². The van der Waals surface area contributed by atoms with Crippen molar-refractivity contribution < 1.29 is 4.42 Å². The summed E-state index contributed by atoms with van der Waals surface area (Å²) in [6, 6.07) is 3.75. The zero-order valence-electron chi connectivity index (χ0n) is 9.72. The fourth-order valence-electron chi connectivity index (χ4n) is 1.58. The van der Waals surface area contributed by atoms with Gasteiger partial charge in [-0.05, 0) is 19.1 Å². The first kappa shape index (κ1) is 11.4. The Morgan fingerprint density at radius 3 is 3.12 bits per heavy atom. The first-order chi connectivity index (χ1) is 8.31. The molecule has 2 heterocycles. The molecule has 0 unspecified atom stereocenters. The van der Waals surface area contributed by atoms with Crippen LogP contribution in [0.5, 0.6) is 0 Å². The van der Waals surface area contributed by atoms with Crippen LogP contribution in [0, 0.1) is 0 Å². The molecule has 1 N–H and O–H groups in total. The highest BCUT2D eigenvalue weighted by Gasteiger charge is 2.03. The molecule has 0 saturated heterocycles. The second kappa shape index (κ2) is 5.34. The van der Waals surface area contributed by atoms with Crippen LogP contribution in [0.4, 0.5) is 5.82 Å². The van der Waals surface area contributed by atoms with Crippen molar-refractivity contribution in [2.45, 2.75) is 19.9 Å². The van der Waals surface area contributed by atoms with Gasteiger partial charge in [0.1, 0.15) is 5.76 Å². The molecule has 2 aromatic heterocycles. The van der Waals surface area contributed by atoms with Crippen LogP contribution < -0.4 is 10.9 Å². The lowest BCUT2D eigenvalue weighted by Crippen LogP contribution is -2.24. The second-order valence-electron chi connectivity index (χ2n) is 3.62. The molecule has 0 radical (unpaired) electrons. The van der Waals surface area contributed by atoms with Crippen molar-refractivity contribution in [1.29, 1.82) is 0 Å². The Labute approximate surface area is 99.1 Å². The molecule has 90 valence electrons. The third kappa shape index (κ3) is 2.75. The average molecular weight is 233 g/mol. The molecule has 0 aliphatic carbocycles. The van der Waals surface area contributed by atoms with E-state index in [1.54, 1.807) is 23.2 Å². The highest BCUT2D eigenvalue weighted by molar-refractivity contribution is 5.30. The van der Waals surface area contributed by atoms with Gasteiger partial charge >= 0.3 is 0 Å². The third-order valence-corrected chi connectivity index (χ3v) is 2.50. The molecule has 0 aliphatic heterocycles. The van der Waals surface area contributed by atoms with Gasteiger partial charge in [-0.15, -0.1) is 0 Å². The molecule has 2 rings (SSSR count). The van der Waals surface area contributed by atoms with Crippen molar-refractivity contribution >= 4 is 5.82 Å². The topological polar surface area (TPSA) is 60.1 Å². The van der Waals surface area contributed by atoms with Crippen LogP contribution in [-0.4, -0.2) is 16.1 Å². The summed E-state index contributed by atoms with van der Waals surface area (Å²) in [5.41, 5.74) is -0.0885. The molecule has 0 atom stereocenters. The summed E-state index contributed by atoms with van der Waals surface area (Å²) in [6.07, 6.45) is 5.68. The van der Waals surface area contributed by atoms with Gasteiger partial charge in [-0.25, -0.2) is 4.98 Å². The van der Waals surface area contributed by atoms with Gasteiger partial charge in [0.15, 0.2) is 5.82 Å². The minimum atomic E-state index is -0.0885. The maximum Gasteiger partial charge on any atom is 0.293 e. The van der Waals surface area contributed by atoms with E-state index in [2.05, 4.69) is 10.3 Å². The summed E-state index contributed by atoms with van der Waals surface area (Å²) in [5, 5.41) is 3.02. The van der Waals surface area contributed by atoms with Gasteiger partial charge in [0.25, 0.3) is 5.56 Å². The molecule has 5 nitrogen and oxygen atoms in total. The zero-order chi connectivity index (χ0) is 12.1. The Morgan fingerprint density at radius 1 is 1.53 bits per heavy atom. The van der Waals surface area contributed by atoms with Crippen LogP contribution in [0.25, 0.3) is 0 Å². The van der Waals surface area contributed by atoms with E-state index in [0.717, 1.165) is 12.2 Å². The molecular weight excluding hydrogens is 218 g/mol. The van der Waals surface area contributed by atoms with E-state index < -0.39 is 0 Å². The Bertz CT molecular complexity index is 517. The summed E-state index contributed by atoms with van der Waals surface area (Å²) >= 11 is 0. The minimum absolute atomic E-state index is 0.0885. The smallest absolute Gasteiger partial charge is 0.293 e. The number of nitrogens with one attached hydrogen (secondary N) is 1. The summed E-state index contributed by atoms with van der Waals surface area (Å²) in [6.45, 7) is 3.20. The first-order valence-corrected chi connectivity index (χ1v) is 5.63. The lowest BCUT2D eigenvalue weighted by molar-refractivity contribution is 0.512.